The van der Waals surface area contributed by atoms with E-state index in [0.29, 0.717) is 33.0 Å². The Hall–Kier alpha value is -16.1. The fourth-order valence-corrected chi connectivity index (χ4v) is 15.8. The van der Waals surface area contributed by atoms with Crippen LogP contribution >= 0.6 is 11.3 Å². The fraction of sp³-hybridized carbons (Fsp3) is 0.124. The van der Waals surface area contributed by atoms with Crippen LogP contribution in [0.15, 0.2) is 346 Å². The van der Waals surface area contributed by atoms with Crippen LogP contribution in [0.5, 0.6) is 0 Å². The highest BCUT2D eigenvalue weighted by molar-refractivity contribution is 7.12. The standard InChI is InChI=1S/C22H20N2O2.C21H19N3O2.C21H19N3OS.C21H18N2O2.C20H17N3O2/c1-15-7-9-17(10-8-15)13-24-14-20(19-5-3-4-6-21(19)24)23-22(25)18-11-12-26-16(18)2;1-14-7-9-16(10-8-14)11-24-12-19(17-5-3-4-6-20(17)24)22-21(25)18-13-26-23-15(18)2;1-14-7-9-16(10-8-14)11-24-12-18(17-5-3-4-6-19(17)24)23-21(25)20-15(2)22-13-26-20;1-15-6-8-16(9-7-15)12-23-13-19(18-4-2-3-5-20(18)23)22-21(24)17-10-11-25-14-17;1-14-6-8-15(9-7-14)12-23-13-17(16-4-2-3-5-18(16)23)22-20(24)19-10-11-21-25-19/h3-12,14H,13H2,1-2H3,(H,23,25);3-10,12-13H,11H2,1-2H3,(H,22,25);3-10,12-13H,11H2,1-2H3,(H,23,25);2-11,13-14H,12H2,1H3,(H,22,24);2-11,13H,12H2,1H3,(H,22,24). The molecule has 5 amide bonds. The summed E-state index contributed by atoms with van der Waals surface area (Å²) >= 11 is 1.36. The maximum atomic E-state index is 12.6. The molecule has 0 fully saturated rings. The number of fused-ring (bicyclic) bond motifs is 5. The topological polar surface area (TPSA) is 261 Å². The van der Waals surface area contributed by atoms with Crippen LogP contribution in [0.25, 0.3) is 54.5 Å². The van der Waals surface area contributed by atoms with Gasteiger partial charge in [-0.05, 0) is 126 Å². The highest BCUT2D eigenvalue weighted by Crippen LogP contribution is 2.34. The Kier molecular flexibility index (Phi) is 26.1. The van der Waals surface area contributed by atoms with Crippen LogP contribution in [-0.2, 0) is 32.7 Å². The predicted octanol–water partition coefficient (Wildman–Crippen LogP) is 23.8. The van der Waals surface area contributed by atoms with Crippen LogP contribution in [0.3, 0.4) is 0 Å². The van der Waals surface area contributed by atoms with Crippen molar-refractivity contribution >= 4 is 124 Å². The van der Waals surface area contributed by atoms with Crippen molar-refractivity contribution < 1.29 is 41.9 Å². The third-order valence-electron chi connectivity index (χ3n) is 22.0. The van der Waals surface area contributed by atoms with E-state index in [0.717, 1.165) is 121 Å². The highest BCUT2D eigenvalue weighted by Gasteiger charge is 2.22. The Morgan fingerprint density at radius 2 is 0.672 bits per heavy atom. The van der Waals surface area contributed by atoms with Gasteiger partial charge in [0.2, 0.25) is 5.76 Å². The Morgan fingerprint density at radius 1 is 0.336 bits per heavy atom. The van der Waals surface area contributed by atoms with Gasteiger partial charge in [-0.25, -0.2) is 4.98 Å². The van der Waals surface area contributed by atoms with Crippen molar-refractivity contribution in [3.05, 3.63) is 429 Å². The molecule has 0 spiro atoms. The van der Waals surface area contributed by atoms with E-state index in [9.17, 15) is 24.0 Å². The normalized spacial score (nSPS) is 11.0. The number of para-hydroxylation sites is 5. The number of hydrogen-bond donors (Lipinski definition) is 5. The molecule has 0 saturated heterocycles. The molecule has 0 aliphatic heterocycles. The Bertz CT molecular complexity index is 6680. The molecule has 20 aromatic rings. The van der Waals surface area contributed by atoms with E-state index >= 15 is 0 Å². The second-order valence-electron chi connectivity index (χ2n) is 31.5. The zero-order valence-corrected chi connectivity index (χ0v) is 72.7. The first kappa shape index (κ1) is 85.4. The van der Waals surface area contributed by atoms with E-state index in [1.807, 2.05) is 135 Å². The quantitative estimate of drug-likeness (QED) is 0.0477. The van der Waals surface area contributed by atoms with Gasteiger partial charge in [0.15, 0.2) is 0 Å². The number of nitrogens with zero attached hydrogens (tertiary/aromatic N) is 8. The highest BCUT2D eigenvalue weighted by atomic mass is 32.1. The molecule has 0 bridgehead atoms. The number of carbonyl (C=O) groups excluding carboxylic acids is 5. The number of nitrogens with one attached hydrogen (secondary N) is 5. The molecule has 0 aliphatic carbocycles. The second-order valence-corrected chi connectivity index (χ2v) is 32.4. The minimum absolute atomic E-state index is 0.108. The van der Waals surface area contributed by atoms with E-state index < -0.39 is 0 Å². The van der Waals surface area contributed by atoms with Crippen molar-refractivity contribution in [2.24, 2.45) is 0 Å². The summed E-state index contributed by atoms with van der Waals surface area (Å²) < 4.78 is 30.8. The van der Waals surface area contributed by atoms with Gasteiger partial charge >= 0.3 is 0 Å². The summed E-state index contributed by atoms with van der Waals surface area (Å²) in [5, 5.41) is 27.4. The molecule has 5 N–H and O–H groups in total. The van der Waals surface area contributed by atoms with Crippen molar-refractivity contribution in [2.75, 3.05) is 26.6 Å². The average Bonchev–Trinajstić information content (AvgIpc) is 1.66. The van der Waals surface area contributed by atoms with Gasteiger partial charge in [0, 0.05) is 96.7 Å². The molecule has 0 aliphatic rings. The van der Waals surface area contributed by atoms with Gasteiger partial charge in [0.25, 0.3) is 29.5 Å². The monoisotopic (exact) mass is 1710 g/mol. The average molecular weight is 1710 g/mol. The summed E-state index contributed by atoms with van der Waals surface area (Å²) in [6.07, 6.45) is 17.2. The zero-order valence-electron chi connectivity index (χ0n) is 71.9. The number of thiazole rings is 1. The molecule has 23 heteroatoms. The molecule has 10 aromatic heterocycles. The SMILES string of the molecule is Cc1ccc(Cn2cc(NC(=O)c3ccno3)c3ccccc32)cc1.Cc1ccc(Cn2cc(NC(=O)c3ccoc3)c3ccccc32)cc1.Cc1ccc(Cn2cc(NC(=O)c3ccoc3C)c3ccccc32)cc1.Cc1ccc(Cn2cc(NC(=O)c3conc3C)c3ccccc32)cc1.Cc1ccc(Cn2cc(NC(=O)c3scnc3C)c3ccccc32)cc1. The fourth-order valence-electron chi connectivity index (χ4n) is 15.2. The lowest BCUT2D eigenvalue weighted by Crippen LogP contribution is -2.12. The summed E-state index contributed by atoms with van der Waals surface area (Å²) in [4.78, 5) is 67.1. The largest absolute Gasteiger partial charge is 0.472 e. The molecular weight excluding hydrogens is 1620 g/mol. The first-order chi connectivity index (χ1) is 62.2. The molecular formula is C105H93N13O9S. The number of anilines is 5. The first-order valence-corrected chi connectivity index (χ1v) is 42.7. The Labute approximate surface area is 742 Å². The number of furan rings is 2. The number of benzene rings is 10. The molecule has 10 aromatic carbocycles. The molecule has 0 atom stereocenters. The number of hydrogen-bond acceptors (Lipinski definition) is 13. The lowest BCUT2D eigenvalue weighted by Gasteiger charge is -2.06. The van der Waals surface area contributed by atoms with Gasteiger partial charge in [0.05, 0.1) is 103 Å². The van der Waals surface area contributed by atoms with Crippen LogP contribution in [-0.4, -0.2) is 67.7 Å². The maximum Gasteiger partial charge on any atom is 0.294 e. The summed E-state index contributed by atoms with van der Waals surface area (Å²) in [5.74, 6) is -0.163. The minimum Gasteiger partial charge on any atom is -0.472 e. The van der Waals surface area contributed by atoms with Crippen molar-refractivity contribution in [2.45, 2.75) is 88.1 Å². The Morgan fingerprint density at radius 3 is 0.969 bits per heavy atom. The van der Waals surface area contributed by atoms with Gasteiger partial charge in [-0.1, -0.05) is 250 Å². The van der Waals surface area contributed by atoms with E-state index in [4.69, 9.17) is 17.9 Å². The number of aromatic nitrogens is 8. The van der Waals surface area contributed by atoms with Gasteiger partial charge in [-0.15, -0.1) is 11.3 Å². The van der Waals surface area contributed by atoms with Crippen LogP contribution in [0, 0.1) is 55.4 Å². The van der Waals surface area contributed by atoms with E-state index in [1.54, 1.807) is 37.6 Å². The number of aryl methyl sites for hydroxylation is 8. The molecule has 22 nitrogen and oxygen atoms in total. The minimum atomic E-state index is -0.310. The van der Waals surface area contributed by atoms with Crippen molar-refractivity contribution in [1.29, 1.82) is 0 Å². The third-order valence-corrected chi connectivity index (χ3v) is 23.0. The summed E-state index contributed by atoms with van der Waals surface area (Å²) in [7, 11) is 0. The third kappa shape index (κ3) is 20.4. The summed E-state index contributed by atoms with van der Waals surface area (Å²) in [6, 6.07) is 87.7. The van der Waals surface area contributed by atoms with Crippen molar-refractivity contribution in [3.63, 3.8) is 0 Å². The van der Waals surface area contributed by atoms with Crippen LogP contribution < -0.4 is 26.6 Å². The van der Waals surface area contributed by atoms with Crippen LogP contribution in [0.1, 0.15) is 124 Å². The zero-order chi connectivity index (χ0) is 88.7. The summed E-state index contributed by atoms with van der Waals surface area (Å²) in [6.45, 7) is 19.5. The van der Waals surface area contributed by atoms with E-state index in [-0.39, 0.29) is 35.3 Å². The molecule has 638 valence electrons. The van der Waals surface area contributed by atoms with Crippen LogP contribution in [0.2, 0.25) is 0 Å². The van der Waals surface area contributed by atoms with Crippen LogP contribution in [0.4, 0.5) is 28.4 Å². The van der Waals surface area contributed by atoms with E-state index in [2.05, 4.69) is 245 Å². The van der Waals surface area contributed by atoms with Crippen molar-refractivity contribution in [3.8, 4) is 0 Å². The number of carbonyl (C=O) groups is 5. The maximum absolute atomic E-state index is 12.6. The molecule has 128 heavy (non-hydrogen) atoms. The molecule has 0 radical (unpaired) electrons. The van der Waals surface area contributed by atoms with E-state index in [1.165, 1.54) is 98.2 Å². The second kappa shape index (κ2) is 39.2. The van der Waals surface area contributed by atoms with Gasteiger partial charge < -0.3 is 67.3 Å². The smallest absolute Gasteiger partial charge is 0.294 e. The number of amides is 5. The lowest BCUT2D eigenvalue weighted by atomic mass is 10.1. The predicted molar refractivity (Wildman–Crippen MR) is 508 cm³/mol. The van der Waals surface area contributed by atoms with Crippen molar-refractivity contribution in [1.82, 2.24) is 38.1 Å². The summed E-state index contributed by atoms with van der Waals surface area (Å²) in [5.41, 5.74) is 26.2. The molecule has 0 unspecified atom stereocenters. The van der Waals surface area contributed by atoms with Gasteiger partial charge in [-0.2, -0.15) is 0 Å². The first-order valence-electron chi connectivity index (χ1n) is 41.8. The molecule has 20 rings (SSSR count). The molecule has 0 saturated carbocycles. The lowest BCUT2D eigenvalue weighted by molar-refractivity contribution is 0.0984. The Balaban J connectivity index is 0.000000117. The number of rotatable bonds is 20. The van der Waals surface area contributed by atoms with Gasteiger partial charge in [-0.3, -0.25) is 24.0 Å². The molecule has 10 heterocycles. The van der Waals surface area contributed by atoms with Gasteiger partial charge in [0.1, 0.15) is 28.7 Å².